The first kappa shape index (κ1) is 14.0. The van der Waals surface area contributed by atoms with Crippen molar-refractivity contribution in [3.63, 3.8) is 0 Å². The summed E-state index contributed by atoms with van der Waals surface area (Å²) in [5, 5.41) is 27.7. The van der Waals surface area contributed by atoms with Crippen LogP contribution in [0.3, 0.4) is 0 Å². The fourth-order valence-corrected chi connectivity index (χ4v) is 1.47. The van der Waals surface area contributed by atoms with Gasteiger partial charge in [0.2, 0.25) is 0 Å². The Labute approximate surface area is 104 Å². The van der Waals surface area contributed by atoms with Crippen LogP contribution in [-0.2, 0) is 4.74 Å². The summed E-state index contributed by atoms with van der Waals surface area (Å²) in [5.41, 5.74) is 6.23. The molecule has 0 amide bonds. The number of rotatable bonds is 4. The zero-order valence-electron chi connectivity index (χ0n) is 9.83. The number of methoxy groups -OCH3 is 1. The lowest BCUT2D eigenvalue weighted by atomic mass is 9.99. The molecule has 96 valence electrons. The number of nitriles is 1. The van der Waals surface area contributed by atoms with E-state index >= 15 is 0 Å². The number of nitrogens with two attached hydrogens (primary N) is 1. The normalized spacial score (nSPS) is 13.4. The Morgan fingerprint density at radius 2 is 2.22 bits per heavy atom. The molecular formula is C12H14N2O4. The molecule has 4 N–H and O–H groups in total. The van der Waals surface area contributed by atoms with Gasteiger partial charge < -0.3 is 20.7 Å². The van der Waals surface area contributed by atoms with E-state index in [4.69, 9.17) is 11.0 Å². The summed E-state index contributed by atoms with van der Waals surface area (Å²) in [6, 6.07) is 6.01. The lowest BCUT2D eigenvalue weighted by Crippen LogP contribution is -2.18. The molecule has 0 aromatic heterocycles. The predicted molar refractivity (Wildman–Crippen MR) is 63.4 cm³/mol. The van der Waals surface area contributed by atoms with Crippen molar-refractivity contribution < 1.29 is 19.7 Å². The number of hydrogen-bond acceptors (Lipinski definition) is 6. The Morgan fingerprint density at radius 1 is 1.56 bits per heavy atom. The van der Waals surface area contributed by atoms with E-state index in [-0.39, 0.29) is 17.7 Å². The lowest BCUT2D eigenvalue weighted by Gasteiger charge is -2.16. The van der Waals surface area contributed by atoms with Crippen LogP contribution >= 0.6 is 0 Å². The van der Waals surface area contributed by atoms with Crippen LogP contribution in [0.1, 0.15) is 28.4 Å². The van der Waals surface area contributed by atoms with Crippen molar-refractivity contribution in [2.45, 2.75) is 18.6 Å². The van der Waals surface area contributed by atoms with Crippen molar-refractivity contribution in [1.29, 1.82) is 5.26 Å². The zero-order valence-corrected chi connectivity index (χ0v) is 9.83. The maximum atomic E-state index is 11.4. The Morgan fingerprint density at radius 3 is 2.78 bits per heavy atom. The summed E-state index contributed by atoms with van der Waals surface area (Å²) >= 11 is 0. The van der Waals surface area contributed by atoms with Gasteiger partial charge in [-0.25, -0.2) is 4.79 Å². The minimum absolute atomic E-state index is 0.109. The molecule has 6 heteroatoms. The highest BCUT2D eigenvalue weighted by atomic mass is 16.5. The van der Waals surface area contributed by atoms with Crippen molar-refractivity contribution in [2.75, 3.05) is 12.8 Å². The molecule has 2 unspecified atom stereocenters. The van der Waals surface area contributed by atoms with Gasteiger partial charge in [-0.05, 0) is 17.7 Å². The highest BCUT2D eigenvalue weighted by Crippen LogP contribution is 2.23. The Bertz CT molecular complexity index is 481. The molecule has 1 aromatic rings. The smallest absolute Gasteiger partial charge is 0.339 e. The molecule has 6 nitrogen and oxygen atoms in total. The van der Waals surface area contributed by atoms with Crippen molar-refractivity contribution >= 4 is 11.7 Å². The molecule has 18 heavy (non-hydrogen) atoms. The fourth-order valence-electron chi connectivity index (χ4n) is 1.47. The molecule has 0 aliphatic rings. The second kappa shape index (κ2) is 6.00. The van der Waals surface area contributed by atoms with Gasteiger partial charge in [0.05, 0.1) is 31.3 Å². The molecule has 1 aromatic carbocycles. The molecular weight excluding hydrogens is 236 g/mol. The van der Waals surface area contributed by atoms with Gasteiger partial charge in [-0.1, -0.05) is 6.07 Å². The quantitative estimate of drug-likeness (QED) is 0.525. The van der Waals surface area contributed by atoms with Gasteiger partial charge in [-0.2, -0.15) is 5.26 Å². The molecule has 0 aliphatic carbocycles. The largest absolute Gasteiger partial charge is 0.465 e. The number of nitrogen functional groups attached to an aromatic ring is 1. The maximum Gasteiger partial charge on any atom is 0.339 e. The summed E-state index contributed by atoms with van der Waals surface area (Å²) in [4.78, 5) is 11.4. The highest BCUT2D eigenvalue weighted by Gasteiger charge is 2.20. The minimum Gasteiger partial charge on any atom is -0.465 e. The van der Waals surface area contributed by atoms with Crippen LogP contribution in [0.4, 0.5) is 5.69 Å². The summed E-state index contributed by atoms with van der Waals surface area (Å²) < 4.78 is 4.54. The average molecular weight is 250 g/mol. The van der Waals surface area contributed by atoms with E-state index in [2.05, 4.69) is 4.74 Å². The van der Waals surface area contributed by atoms with Gasteiger partial charge in [-0.15, -0.1) is 0 Å². The van der Waals surface area contributed by atoms with Gasteiger partial charge >= 0.3 is 5.97 Å². The molecule has 0 aliphatic heterocycles. The first-order chi connectivity index (χ1) is 8.51. The van der Waals surface area contributed by atoms with E-state index in [1.165, 1.54) is 25.3 Å². The third kappa shape index (κ3) is 2.97. The summed E-state index contributed by atoms with van der Waals surface area (Å²) in [6.07, 6.45) is -2.68. The second-order valence-corrected chi connectivity index (χ2v) is 3.71. The summed E-state index contributed by atoms with van der Waals surface area (Å²) in [7, 11) is 1.22. The number of carbonyl (C=O) groups is 1. The predicted octanol–water partition coefficient (Wildman–Crippen LogP) is 0.363. The van der Waals surface area contributed by atoms with Crippen LogP contribution in [0.25, 0.3) is 0 Å². The molecule has 0 radical (unpaired) electrons. The van der Waals surface area contributed by atoms with Gasteiger partial charge in [0, 0.05) is 5.69 Å². The average Bonchev–Trinajstić information content (AvgIpc) is 2.38. The Kier molecular flexibility index (Phi) is 4.66. The lowest BCUT2D eigenvalue weighted by molar-refractivity contribution is 0.0215. The topological polar surface area (TPSA) is 117 Å². The second-order valence-electron chi connectivity index (χ2n) is 3.71. The number of esters is 1. The fraction of sp³-hybridized carbons (Fsp3) is 0.333. The van der Waals surface area contributed by atoms with Crippen LogP contribution in [0, 0.1) is 11.3 Å². The molecule has 0 saturated heterocycles. The van der Waals surface area contributed by atoms with Gasteiger partial charge in [0.1, 0.15) is 6.10 Å². The number of aliphatic hydroxyl groups is 2. The van der Waals surface area contributed by atoms with Gasteiger partial charge in [-0.3, -0.25) is 0 Å². The Balaban J connectivity index is 3.05. The van der Waals surface area contributed by atoms with E-state index < -0.39 is 18.2 Å². The summed E-state index contributed by atoms with van der Waals surface area (Å²) in [5.74, 6) is -0.628. The van der Waals surface area contributed by atoms with Crippen molar-refractivity contribution in [1.82, 2.24) is 0 Å². The number of carbonyl (C=O) groups excluding carboxylic acids is 1. The van der Waals surface area contributed by atoms with E-state index in [1.54, 1.807) is 6.07 Å². The van der Waals surface area contributed by atoms with Crippen LogP contribution in [-0.4, -0.2) is 29.4 Å². The van der Waals surface area contributed by atoms with E-state index in [9.17, 15) is 15.0 Å². The number of aliphatic hydroxyl groups excluding tert-OH is 2. The minimum atomic E-state index is -1.26. The van der Waals surface area contributed by atoms with E-state index in [0.717, 1.165) is 0 Å². The molecule has 0 bridgehead atoms. The molecule has 0 heterocycles. The molecule has 1 rings (SSSR count). The zero-order chi connectivity index (χ0) is 13.7. The van der Waals surface area contributed by atoms with Gasteiger partial charge in [0.15, 0.2) is 0 Å². The highest BCUT2D eigenvalue weighted by molar-refractivity contribution is 5.95. The van der Waals surface area contributed by atoms with E-state index in [1.807, 2.05) is 0 Å². The summed E-state index contributed by atoms with van der Waals surface area (Å²) in [6.45, 7) is 0. The first-order valence-electron chi connectivity index (χ1n) is 5.22. The first-order valence-corrected chi connectivity index (χ1v) is 5.22. The molecule has 2 atom stereocenters. The SMILES string of the molecule is COC(=O)c1cc(C(O)C(O)CC#N)ccc1N. The van der Waals surface area contributed by atoms with E-state index in [0.29, 0.717) is 5.56 Å². The molecule has 0 saturated carbocycles. The maximum absolute atomic E-state index is 11.4. The van der Waals surface area contributed by atoms with Crippen LogP contribution in [0.15, 0.2) is 18.2 Å². The molecule has 0 spiro atoms. The number of hydrogen-bond donors (Lipinski definition) is 3. The number of nitrogens with zero attached hydrogens (tertiary/aromatic N) is 1. The third-order valence-corrected chi connectivity index (χ3v) is 2.49. The van der Waals surface area contributed by atoms with Crippen molar-refractivity contribution in [3.8, 4) is 6.07 Å². The van der Waals surface area contributed by atoms with Crippen LogP contribution < -0.4 is 5.73 Å². The standard InChI is InChI=1S/C12H14N2O4/c1-18-12(17)8-6-7(2-3-9(8)14)11(16)10(15)4-5-13/h2-3,6,10-11,15-16H,4,14H2,1H3. The number of anilines is 1. The Hall–Kier alpha value is -2.10. The number of benzene rings is 1. The van der Waals surface area contributed by atoms with Crippen LogP contribution in [0.5, 0.6) is 0 Å². The third-order valence-electron chi connectivity index (χ3n) is 2.49. The van der Waals surface area contributed by atoms with Crippen molar-refractivity contribution in [3.05, 3.63) is 29.3 Å². The monoisotopic (exact) mass is 250 g/mol. The van der Waals surface area contributed by atoms with Crippen LogP contribution in [0.2, 0.25) is 0 Å². The number of ether oxygens (including phenoxy) is 1. The molecule has 0 fully saturated rings. The van der Waals surface area contributed by atoms with Crippen molar-refractivity contribution in [2.24, 2.45) is 0 Å². The van der Waals surface area contributed by atoms with Gasteiger partial charge in [0.25, 0.3) is 0 Å².